The Kier molecular flexibility index (Phi) is 9.37. The molecular weight excluding hydrogens is 508 g/mol. The van der Waals surface area contributed by atoms with Gasteiger partial charge in [-0.15, -0.1) is 11.3 Å². The molecule has 1 unspecified atom stereocenters. The molecule has 1 amide bonds. The van der Waals surface area contributed by atoms with Gasteiger partial charge < -0.3 is 15.2 Å². The Bertz CT molecular complexity index is 1300. The predicted octanol–water partition coefficient (Wildman–Crippen LogP) is 5.72. The van der Waals surface area contributed by atoms with Crippen LogP contribution in [0.25, 0.3) is 10.2 Å². The lowest BCUT2D eigenvalue weighted by atomic mass is 9.83. The highest BCUT2D eigenvalue weighted by atomic mass is 32.2. The maximum Gasteiger partial charge on any atom is 0.407 e. The fourth-order valence-electron chi connectivity index (χ4n) is 4.34. The number of alkyl carbamates (subject to hydrolysis) is 1. The van der Waals surface area contributed by atoms with Gasteiger partial charge in [0.05, 0.1) is 22.4 Å². The van der Waals surface area contributed by atoms with E-state index in [4.69, 9.17) is 4.74 Å². The van der Waals surface area contributed by atoms with Gasteiger partial charge in [-0.3, -0.25) is 0 Å². The molecule has 7 nitrogen and oxygen atoms in total. The molecule has 2 N–H and O–H groups in total. The highest BCUT2D eigenvalue weighted by Crippen LogP contribution is 2.34. The zero-order valence-corrected chi connectivity index (χ0v) is 24.0. The summed E-state index contributed by atoms with van der Waals surface area (Å²) in [6.45, 7) is 9.68. The van der Waals surface area contributed by atoms with Crippen molar-refractivity contribution in [3.05, 3.63) is 59.7 Å². The number of aliphatic hydroxyl groups excluding tert-OH is 1. The molecular formula is C28H38N2O5S2. The first-order chi connectivity index (χ1) is 17.2. The van der Waals surface area contributed by atoms with Crippen molar-refractivity contribution in [1.82, 2.24) is 10.3 Å². The summed E-state index contributed by atoms with van der Waals surface area (Å²) in [4.78, 5) is 16.9. The van der Waals surface area contributed by atoms with Crippen molar-refractivity contribution in [1.29, 1.82) is 0 Å². The number of nitrogens with one attached hydrogen (secondary N) is 1. The first kappa shape index (κ1) is 29.1. The summed E-state index contributed by atoms with van der Waals surface area (Å²) >= 11 is 1.16. The summed E-state index contributed by atoms with van der Waals surface area (Å²) in [6, 6.07) is 15.0. The minimum atomic E-state index is -3.39. The fraction of sp³-hybridized carbons (Fsp3) is 0.500. The standard InChI is InChI=1S/C28H38N2O5S2/c1-18(2)14-21(20-12-13-22-25(17-20)36-27(30-22)37(6,33)34)16-24(31)23(15-19-10-8-7-9-11-19)29-26(32)35-28(3,4)5/h7-13,17-18,21,23-24,31H,14-16H2,1-6H3,(H,29,32)/t21?,23-,24+/m0/s1. The Hall–Kier alpha value is -2.49. The van der Waals surface area contributed by atoms with Gasteiger partial charge >= 0.3 is 6.09 Å². The number of fused-ring (bicyclic) bond motifs is 1. The second kappa shape index (κ2) is 11.9. The minimum absolute atomic E-state index is 0.00175. The van der Waals surface area contributed by atoms with Gasteiger partial charge in [0, 0.05) is 6.26 Å². The van der Waals surface area contributed by atoms with Gasteiger partial charge in [0.2, 0.25) is 14.2 Å². The van der Waals surface area contributed by atoms with E-state index in [1.54, 1.807) is 20.8 Å². The average molecular weight is 547 g/mol. The molecule has 202 valence electrons. The second-order valence-electron chi connectivity index (χ2n) is 11.1. The molecule has 0 saturated carbocycles. The molecule has 3 atom stereocenters. The van der Waals surface area contributed by atoms with Crippen molar-refractivity contribution >= 4 is 37.5 Å². The van der Waals surface area contributed by atoms with Crippen LogP contribution in [0.3, 0.4) is 0 Å². The number of aromatic nitrogens is 1. The third-order valence-electron chi connectivity index (χ3n) is 5.93. The van der Waals surface area contributed by atoms with Gasteiger partial charge in [-0.2, -0.15) is 0 Å². The second-order valence-corrected chi connectivity index (χ2v) is 14.3. The number of rotatable bonds is 10. The van der Waals surface area contributed by atoms with E-state index < -0.39 is 33.7 Å². The lowest BCUT2D eigenvalue weighted by molar-refractivity contribution is 0.0402. The van der Waals surface area contributed by atoms with E-state index in [1.165, 1.54) is 0 Å². The molecule has 1 heterocycles. The van der Waals surface area contributed by atoms with Crippen molar-refractivity contribution in [2.45, 2.75) is 81.9 Å². The molecule has 3 rings (SSSR count). The number of hydrogen-bond acceptors (Lipinski definition) is 7. The maximum absolute atomic E-state index is 12.6. The number of benzene rings is 2. The molecule has 1 aromatic heterocycles. The predicted molar refractivity (Wildman–Crippen MR) is 149 cm³/mol. The number of ether oxygens (including phenoxy) is 1. The average Bonchev–Trinajstić information content (AvgIpc) is 3.21. The van der Waals surface area contributed by atoms with Crippen LogP contribution in [-0.4, -0.2) is 48.6 Å². The van der Waals surface area contributed by atoms with E-state index in [-0.39, 0.29) is 10.3 Å². The Labute approximate surface area is 224 Å². The molecule has 0 aliphatic rings. The van der Waals surface area contributed by atoms with Gasteiger partial charge in [0.1, 0.15) is 5.60 Å². The SMILES string of the molecule is CC(C)CC(C[C@@H](O)[C@H](Cc1ccccc1)NC(=O)OC(C)(C)C)c1ccc2nc(S(C)(=O)=O)sc2c1. The Balaban J connectivity index is 1.87. The van der Waals surface area contributed by atoms with Crippen LogP contribution >= 0.6 is 11.3 Å². The number of amides is 1. The third kappa shape index (κ3) is 8.79. The van der Waals surface area contributed by atoms with E-state index in [1.807, 2.05) is 48.5 Å². The zero-order chi connectivity index (χ0) is 27.4. The summed E-state index contributed by atoms with van der Waals surface area (Å²) in [5.41, 5.74) is 2.01. The summed E-state index contributed by atoms with van der Waals surface area (Å²) in [5, 5.41) is 14.3. The smallest absolute Gasteiger partial charge is 0.407 e. The number of carbonyl (C=O) groups excluding carboxylic acids is 1. The molecule has 0 bridgehead atoms. The summed E-state index contributed by atoms with van der Waals surface area (Å²) in [5.74, 6) is 0.370. The summed E-state index contributed by atoms with van der Waals surface area (Å²) in [7, 11) is -3.39. The molecule has 0 fully saturated rings. The van der Waals surface area contributed by atoms with E-state index in [0.717, 1.165) is 39.8 Å². The van der Waals surface area contributed by atoms with Crippen molar-refractivity contribution in [2.24, 2.45) is 5.92 Å². The van der Waals surface area contributed by atoms with Crippen LogP contribution in [0.1, 0.15) is 64.5 Å². The summed E-state index contributed by atoms with van der Waals surface area (Å²) < 4.78 is 30.3. The monoisotopic (exact) mass is 546 g/mol. The molecule has 0 radical (unpaired) electrons. The van der Waals surface area contributed by atoms with Crippen molar-refractivity contribution in [2.75, 3.05) is 6.26 Å². The van der Waals surface area contributed by atoms with E-state index in [0.29, 0.717) is 24.3 Å². The van der Waals surface area contributed by atoms with Crippen molar-refractivity contribution < 1.29 is 23.1 Å². The van der Waals surface area contributed by atoms with E-state index in [2.05, 4.69) is 24.1 Å². The first-order valence-corrected chi connectivity index (χ1v) is 15.2. The molecule has 9 heteroatoms. The van der Waals surface area contributed by atoms with Gasteiger partial charge in [0.25, 0.3) is 0 Å². The summed E-state index contributed by atoms with van der Waals surface area (Å²) in [6.07, 6.45) is 1.47. The number of sulfone groups is 1. The van der Waals surface area contributed by atoms with Crippen LogP contribution < -0.4 is 5.32 Å². The minimum Gasteiger partial charge on any atom is -0.444 e. The Morgan fingerprint density at radius 1 is 1.11 bits per heavy atom. The number of aliphatic hydroxyl groups is 1. The molecule has 3 aromatic rings. The normalized spacial score (nSPS) is 14.9. The highest BCUT2D eigenvalue weighted by Gasteiger charge is 2.28. The maximum atomic E-state index is 12.6. The van der Waals surface area contributed by atoms with E-state index >= 15 is 0 Å². The molecule has 37 heavy (non-hydrogen) atoms. The zero-order valence-electron chi connectivity index (χ0n) is 22.4. The van der Waals surface area contributed by atoms with Crippen LogP contribution in [-0.2, 0) is 21.0 Å². The largest absolute Gasteiger partial charge is 0.444 e. The Morgan fingerprint density at radius 3 is 2.38 bits per heavy atom. The molecule has 2 aromatic carbocycles. The van der Waals surface area contributed by atoms with Gasteiger partial charge in [-0.25, -0.2) is 18.2 Å². The lowest BCUT2D eigenvalue weighted by Crippen LogP contribution is -2.47. The van der Waals surface area contributed by atoms with Crippen LogP contribution in [0.2, 0.25) is 0 Å². The highest BCUT2D eigenvalue weighted by molar-refractivity contribution is 7.92. The van der Waals surface area contributed by atoms with Crippen LogP contribution in [0.4, 0.5) is 4.79 Å². The van der Waals surface area contributed by atoms with Crippen molar-refractivity contribution in [3.8, 4) is 0 Å². The fourth-order valence-corrected chi connectivity index (χ4v) is 6.22. The van der Waals surface area contributed by atoms with E-state index in [9.17, 15) is 18.3 Å². The quantitative estimate of drug-likeness (QED) is 0.337. The topological polar surface area (TPSA) is 106 Å². The van der Waals surface area contributed by atoms with Gasteiger partial charge in [-0.1, -0.05) is 50.2 Å². The number of carbonyl (C=O) groups is 1. The van der Waals surface area contributed by atoms with Crippen molar-refractivity contribution in [3.63, 3.8) is 0 Å². The number of hydrogen-bond donors (Lipinski definition) is 2. The van der Waals surface area contributed by atoms with Crippen LogP contribution in [0, 0.1) is 5.92 Å². The van der Waals surface area contributed by atoms with Gasteiger partial charge in [0.15, 0.2) is 0 Å². The number of nitrogens with zero attached hydrogens (tertiary/aromatic N) is 1. The number of thiazole rings is 1. The van der Waals surface area contributed by atoms with Crippen LogP contribution in [0.5, 0.6) is 0 Å². The Morgan fingerprint density at radius 2 is 1.78 bits per heavy atom. The lowest BCUT2D eigenvalue weighted by Gasteiger charge is -2.30. The van der Waals surface area contributed by atoms with Gasteiger partial charge in [-0.05, 0) is 75.1 Å². The molecule has 0 saturated heterocycles. The van der Waals surface area contributed by atoms with Crippen LogP contribution in [0.15, 0.2) is 52.9 Å². The first-order valence-electron chi connectivity index (χ1n) is 12.5. The molecule has 0 aliphatic heterocycles. The molecule has 0 spiro atoms. The third-order valence-corrected chi connectivity index (χ3v) is 8.63. The molecule has 0 aliphatic carbocycles.